The molecule has 20 heavy (non-hydrogen) atoms. The summed E-state index contributed by atoms with van der Waals surface area (Å²) in [5.41, 5.74) is 0. The molecule has 0 aromatic carbocycles. The van der Waals surface area contributed by atoms with Crippen molar-refractivity contribution in [1.82, 2.24) is 15.2 Å². The van der Waals surface area contributed by atoms with Gasteiger partial charge in [0.15, 0.2) is 0 Å². The first kappa shape index (κ1) is 13.4. The number of aromatic nitrogens is 1. The SMILES string of the molecule is O=C(C1C=CCN1)N1CCN(c2ccc(Cl)cn2)CC1. The second-order valence-electron chi connectivity index (χ2n) is 4.96. The maximum absolute atomic E-state index is 12.2. The lowest BCUT2D eigenvalue weighted by atomic mass is 10.2. The smallest absolute Gasteiger partial charge is 0.243 e. The van der Waals surface area contributed by atoms with Crippen LogP contribution in [0.15, 0.2) is 30.5 Å². The third kappa shape index (κ3) is 2.78. The highest BCUT2D eigenvalue weighted by molar-refractivity contribution is 6.30. The average molecular weight is 293 g/mol. The van der Waals surface area contributed by atoms with E-state index in [0.717, 1.165) is 38.5 Å². The highest BCUT2D eigenvalue weighted by atomic mass is 35.5. The monoisotopic (exact) mass is 292 g/mol. The zero-order valence-electron chi connectivity index (χ0n) is 11.1. The molecule has 0 radical (unpaired) electrons. The van der Waals surface area contributed by atoms with Gasteiger partial charge in [0, 0.05) is 38.9 Å². The summed E-state index contributed by atoms with van der Waals surface area (Å²) in [6, 6.07) is 3.62. The van der Waals surface area contributed by atoms with E-state index in [1.54, 1.807) is 6.20 Å². The van der Waals surface area contributed by atoms with Crippen LogP contribution in [0, 0.1) is 0 Å². The second kappa shape index (κ2) is 5.81. The van der Waals surface area contributed by atoms with E-state index in [-0.39, 0.29) is 11.9 Å². The maximum Gasteiger partial charge on any atom is 0.243 e. The molecule has 0 aliphatic carbocycles. The van der Waals surface area contributed by atoms with Crippen LogP contribution in [0.2, 0.25) is 5.02 Å². The third-order valence-electron chi connectivity index (χ3n) is 3.68. The van der Waals surface area contributed by atoms with Crippen molar-refractivity contribution in [3.05, 3.63) is 35.5 Å². The number of nitrogens with one attached hydrogen (secondary N) is 1. The molecule has 2 aliphatic rings. The highest BCUT2D eigenvalue weighted by Gasteiger charge is 2.27. The lowest BCUT2D eigenvalue weighted by molar-refractivity contribution is -0.132. The molecule has 6 heteroatoms. The topological polar surface area (TPSA) is 48.5 Å². The molecule has 1 unspecified atom stereocenters. The van der Waals surface area contributed by atoms with Crippen molar-refractivity contribution < 1.29 is 4.79 Å². The first-order valence-corrected chi connectivity index (χ1v) is 7.17. The summed E-state index contributed by atoms with van der Waals surface area (Å²) in [6.07, 6.45) is 5.59. The first-order chi connectivity index (χ1) is 9.74. The summed E-state index contributed by atoms with van der Waals surface area (Å²) in [6.45, 7) is 3.85. The standard InChI is InChI=1S/C14H17ClN4O/c15-11-3-4-13(17-10-11)18-6-8-19(9-7-18)14(20)12-2-1-5-16-12/h1-4,10,12,16H,5-9H2. The molecule has 0 bridgehead atoms. The highest BCUT2D eigenvalue weighted by Crippen LogP contribution is 2.16. The Morgan fingerprint density at radius 1 is 1.30 bits per heavy atom. The van der Waals surface area contributed by atoms with Gasteiger partial charge in [-0.1, -0.05) is 23.8 Å². The number of carbonyl (C=O) groups is 1. The zero-order chi connectivity index (χ0) is 13.9. The molecule has 1 N–H and O–H groups in total. The minimum Gasteiger partial charge on any atom is -0.353 e. The van der Waals surface area contributed by atoms with Gasteiger partial charge in [0.2, 0.25) is 5.91 Å². The molecule has 3 rings (SSSR count). The summed E-state index contributed by atoms with van der Waals surface area (Å²) < 4.78 is 0. The predicted molar refractivity (Wildman–Crippen MR) is 79.0 cm³/mol. The molecule has 1 fully saturated rings. The van der Waals surface area contributed by atoms with Gasteiger partial charge in [0.05, 0.1) is 5.02 Å². The number of carbonyl (C=O) groups excluding carboxylic acids is 1. The summed E-state index contributed by atoms with van der Waals surface area (Å²) in [5.74, 6) is 1.09. The van der Waals surface area contributed by atoms with E-state index in [4.69, 9.17) is 11.6 Å². The van der Waals surface area contributed by atoms with Gasteiger partial charge in [0.25, 0.3) is 0 Å². The van der Waals surface area contributed by atoms with Crippen LogP contribution in [0.1, 0.15) is 0 Å². The van der Waals surface area contributed by atoms with Gasteiger partial charge in [-0.25, -0.2) is 4.98 Å². The van der Waals surface area contributed by atoms with Crippen LogP contribution in [-0.4, -0.2) is 54.6 Å². The molecule has 1 atom stereocenters. The minimum absolute atomic E-state index is 0.143. The molecule has 2 aliphatic heterocycles. The number of amides is 1. The lowest BCUT2D eigenvalue weighted by Crippen LogP contribution is -2.53. The average Bonchev–Trinajstić information content (AvgIpc) is 3.02. The summed E-state index contributed by atoms with van der Waals surface area (Å²) in [4.78, 5) is 20.7. The van der Waals surface area contributed by atoms with Crippen LogP contribution in [0.3, 0.4) is 0 Å². The molecule has 5 nitrogen and oxygen atoms in total. The quantitative estimate of drug-likeness (QED) is 0.823. The van der Waals surface area contributed by atoms with Gasteiger partial charge >= 0.3 is 0 Å². The molecule has 1 aromatic heterocycles. The van der Waals surface area contributed by atoms with Gasteiger partial charge < -0.3 is 9.80 Å². The van der Waals surface area contributed by atoms with E-state index in [2.05, 4.69) is 15.2 Å². The van der Waals surface area contributed by atoms with Gasteiger partial charge in [-0.15, -0.1) is 0 Å². The number of rotatable bonds is 2. The lowest BCUT2D eigenvalue weighted by Gasteiger charge is -2.36. The van der Waals surface area contributed by atoms with Crippen molar-refractivity contribution in [2.24, 2.45) is 0 Å². The van der Waals surface area contributed by atoms with Crippen molar-refractivity contribution in [1.29, 1.82) is 0 Å². The van der Waals surface area contributed by atoms with Crippen molar-refractivity contribution in [2.45, 2.75) is 6.04 Å². The normalized spacial score (nSPS) is 22.4. The number of nitrogens with zero attached hydrogens (tertiary/aromatic N) is 3. The number of pyridine rings is 1. The minimum atomic E-state index is -0.143. The number of halogens is 1. The van der Waals surface area contributed by atoms with Crippen LogP contribution in [0.4, 0.5) is 5.82 Å². The largest absolute Gasteiger partial charge is 0.353 e. The van der Waals surface area contributed by atoms with Crippen molar-refractivity contribution in [2.75, 3.05) is 37.6 Å². The van der Waals surface area contributed by atoms with Crippen LogP contribution < -0.4 is 10.2 Å². The fourth-order valence-electron chi connectivity index (χ4n) is 2.54. The van der Waals surface area contributed by atoms with E-state index in [0.29, 0.717) is 5.02 Å². The molecule has 1 amide bonds. The zero-order valence-corrected chi connectivity index (χ0v) is 11.9. The molecule has 1 aromatic rings. The number of hydrogen-bond acceptors (Lipinski definition) is 4. The number of hydrogen-bond donors (Lipinski definition) is 1. The van der Waals surface area contributed by atoms with Gasteiger partial charge in [-0.3, -0.25) is 10.1 Å². The van der Waals surface area contributed by atoms with Crippen LogP contribution in [-0.2, 0) is 4.79 Å². The molecule has 0 spiro atoms. The molecular formula is C14H17ClN4O. The van der Waals surface area contributed by atoms with Crippen LogP contribution >= 0.6 is 11.6 Å². The molecule has 1 saturated heterocycles. The molecular weight excluding hydrogens is 276 g/mol. The van der Waals surface area contributed by atoms with E-state index < -0.39 is 0 Å². The Labute approximate surface area is 123 Å². The van der Waals surface area contributed by atoms with Crippen LogP contribution in [0.25, 0.3) is 0 Å². The Kier molecular flexibility index (Phi) is 3.89. The Hall–Kier alpha value is -1.59. The van der Waals surface area contributed by atoms with E-state index in [9.17, 15) is 4.79 Å². The van der Waals surface area contributed by atoms with Crippen molar-refractivity contribution >= 4 is 23.3 Å². The predicted octanol–water partition coefficient (Wildman–Crippen LogP) is 0.912. The van der Waals surface area contributed by atoms with Crippen molar-refractivity contribution in [3.8, 4) is 0 Å². The van der Waals surface area contributed by atoms with E-state index in [1.165, 1.54) is 0 Å². The molecule has 0 saturated carbocycles. The van der Waals surface area contributed by atoms with Crippen LogP contribution in [0.5, 0.6) is 0 Å². The van der Waals surface area contributed by atoms with Gasteiger partial charge in [-0.05, 0) is 12.1 Å². The Morgan fingerprint density at radius 2 is 2.10 bits per heavy atom. The summed E-state index contributed by atoms with van der Waals surface area (Å²) >= 11 is 5.84. The summed E-state index contributed by atoms with van der Waals surface area (Å²) in [7, 11) is 0. The van der Waals surface area contributed by atoms with E-state index >= 15 is 0 Å². The third-order valence-corrected chi connectivity index (χ3v) is 3.90. The Balaban J connectivity index is 1.57. The fourth-order valence-corrected chi connectivity index (χ4v) is 2.66. The fraction of sp³-hybridized carbons (Fsp3) is 0.429. The van der Waals surface area contributed by atoms with E-state index in [1.807, 2.05) is 29.2 Å². The molecule has 106 valence electrons. The maximum atomic E-state index is 12.2. The number of piperazine rings is 1. The second-order valence-corrected chi connectivity index (χ2v) is 5.40. The van der Waals surface area contributed by atoms with Gasteiger partial charge in [0.1, 0.15) is 11.9 Å². The first-order valence-electron chi connectivity index (χ1n) is 6.79. The Bertz CT molecular complexity index is 508. The number of anilines is 1. The molecule has 3 heterocycles. The van der Waals surface area contributed by atoms with Crippen molar-refractivity contribution in [3.63, 3.8) is 0 Å². The Morgan fingerprint density at radius 3 is 2.70 bits per heavy atom. The van der Waals surface area contributed by atoms with Gasteiger partial charge in [-0.2, -0.15) is 0 Å². The summed E-state index contributed by atoms with van der Waals surface area (Å²) in [5, 5.41) is 3.80.